The number of sulfonamides is 1. The summed E-state index contributed by atoms with van der Waals surface area (Å²) in [4.78, 5) is 16.5. The van der Waals surface area contributed by atoms with Gasteiger partial charge in [-0.2, -0.15) is 10.2 Å². The number of nitrogens with one attached hydrogen (secondary N) is 1. The van der Waals surface area contributed by atoms with Gasteiger partial charge in [0.05, 0.1) is 22.9 Å². The number of sulfone groups is 1. The number of benzene rings is 3. The average molecular weight is 595 g/mol. The first-order chi connectivity index (χ1) is 19.6. The molecule has 0 unspecified atom stereocenters. The number of aromatic nitrogens is 2. The van der Waals surface area contributed by atoms with E-state index >= 15 is 0 Å². The van der Waals surface area contributed by atoms with Gasteiger partial charge in [-0.05, 0) is 23.3 Å². The lowest BCUT2D eigenvalue weighted by Gasteiger charge is -2.15. The molecule has 1 heterocycles. The summed E-state index contributed by atoms with van der Waals surface area (Å²) in [5, 5.41) is 8.89. The zero-order chi connectivity index (χ0) is 29.6. The van der Waals surface area contributed by atoms with Crippen molar-refractivity contribution in [2.45, 2.75) is 16.3 Å². The Labute approximate surface area is 238 Å². The van der Waals surface area contributed by atoms with E-state index in [1.54, 1.807) is 39.6 Å². The smallest absolute Gasteiger partial charge is 0.270 e. The molecule has 0 radical (unpaired) electrons. The van der Waals surface area contributed by atoms with E-state index in [1.165, 1.54) is 37.6 Å². The van der Waals surface area contributed by atoms with Crippen LogP contribution in [0.15, 0.2) is 82.6 Å². The summed E-state index contributed by atoms with van der Waals surface area (Å²) in [6, 6.07) is 19.5. The van der Waals surface area contributed by atoms with Gasteiger partial charge in [-0.3, -0.25) is 4.79 Å². The minimum absolute atomic E-state index is 0.0580. The van der Waals surface area contributed by atoms with Crippen molar-refractivity contribution >= 4 is 26.1 Å². The van der Waals surface area contributed by atoms with Crippen LogP contribution in [-0.2, 0) is 31.1 Å². The van der Waals surface area contributed by atoms with Crippen molar-refractivity contribution in [3.05, 3.63) is 84.1 Å². The molecule has 0 fully saturated rings. The Balaban J connectivity index is 1.87. The lowest BCUT2D eigenvalue weighted by atomic mass is 10.0. The number of nitriles is 1. The zero-order valence-corrected chi connectivity index (χ0v) is 23.8. The fraction of sp³-hybridized carbons (Fsp3) is 0.179. The van der Waals surface area contributed by atoms with Gasteiger partial charge in [0.15, 0.2) is 22.3 Å². The van der Waals surface area contributed by atoms with Crippen molar-refractivity contribution in [3.63, 3.8) is 0 Å². The number of aldehydes is 1. The van der Waals surface area contributed by atoms with E-state index in [-0.39, 0.29) is 46.7 Å². The van der Waals surface area contributed by atoms with E-state index in [0.717, 1.165) is 6.26 Å². The van der Waals surface area contributed by atoms with Gasteiger partial charge in [0, 0.05) is 24.5 Å². The van der Waals surface area contributed by atoms with Gasteiger partial charge >= 0.3 is 0 Å². The predicted molar refractivity (Wildman–Crippen MR) is 150 cm³/mol. The van der Waals surface area contributed by atoms with Crippen molar-refractivity contribution in [3.8, 4) is 34.6 Å². The summed E-state index contributed by atoms with van der Waals surface area (Å²) in [7, 11) is -6.50. The van der Waals surface area contributed by atoms with Crippen LogP contribution in [0.1, 0.15) is 16.1 Å². The van der Waals surface area contributed by atoms with Gasteiger partial charge in [-0.15, -0.1) is 0 Å². The molecule has 0 spiro atoms. The van der Waals surface area contributed by atoms with Gasteiger partial charge < -0.3 is 14.0 Å². The first-order valence-electron chi connectivity index (χ1n) is 12.2. The average Bonchev–Trinajstić information content (AvgIpc) is 3.30. The van der Waals surface area contributed by atoms with Gasteiger partial charge in [0.2, 0.25) is 5.88 Å². The van der Waals surface area contributed by atoms with E-state index < -0.39 is 19.9 Å². The standard InChI is InChI=1S/C28H26N4O7S2/c1-38-14-15-39-28-24(18-33)32(27(31-28)20-8-4-3-5-9-20)17-22-13-12-21(16-26(22)40(2,34)35)23-10-6-7-11-25(23)41(36,37)30-19-29/h3-13,16,18,30H,14-15,17H2,1-2H3. The molecule has 1 aromatic heterocycles. The molecule has 0 atom stereocenters. The molecule has 0 saturated heterocycles. The fourth-order valence-corrected chi connectivity index (χ4v) is 6.19. The molecule has 0 saturated carbocycles. The minimum Gasteiger partial charge on any atom is -0.474 e. The largest absolute Gasteiger partial charge is 0.474 e. The number of nitrogens with zero attached hydrogens (tertiary/aromatic N) is 3. The molecular formula is C28H26N4O7S2. The van der Waals surface area contributed by atoms with E-state index in [4.69, 9.17) is 14.7 Å². The highest BCUT2D eigenvalue weighted by atomic mass is 32.2. The summed E-state index contributed by atoms with van der Waals surface area (Å²) in [6.45, 7) is 0.360. The van der Waals surface area contributed by atoms with Crippen molar-refractivity contribution in [1.29, 1.82) is 5.26 Å². The maximum Gasteiger partial charge on any atom is 0.270 e. The highest BCUT2D eigenvalue weighted by molar-refractivity contribution is 7.90. The first-order valence-corrected chi connectivity index (χ1v) is 15.5. The Morgan fingerprint density at radius 3 is 2.32 bits per heavy atom. The van der Waals surface area contributed by atoms with Gasteiger partial charge in [-0.1, -0.05) is 60.7 Å². The highest BCUT2D eigenvalue weighted by Gasteiger charge is 2.24. The van der Waals surface area contributed by atoms with Crippen LogP contribution in [0.5, 0.6) is 5.88 Å². The summed E-state index contributed by atoms with van der Waals surface area (Å²) in [5.41, 5.74) is 1.65. The molecule has 0 aliphatic rings. The third-order valence-electron chi connectivity index (χ3n) is 6.11. The number of imidazole rings is 1. The molecule has 4 aromatic rings. The maximum absolute atomic E-state index is 13.0. The first kappa shape index (κ1) is 29.5. The number of methoxy groups -OCH3 is 1. The van der Waals surface area contributed by atoms with E-state index in [0.29, 0.717) is 28.8 Å². The summed E-state index contributed by atoms with van der Waals surface area (Å²) < 4.78 is 65.4. The molecule has 0 bridgehead atoms. The predicted octanol–water partition coefficient (Wildman–Crippen LogP) is 3.27. The van der Waals surface area contributed by atoms with E-state index in [2.05, 4.69) is 4.98 Å². The molecule has 41 heavy (non-hydrogen) atoms. The Bertz CT molecular complexity index is 1830. The normalized spacial score (nSPS) is 11.5. The Morgan fingerprint density at radius 2 is 1.66 bits per heavy atom. The van der Waals surface area contributed by atoms with Gasteiger partial charge in [-0.25, -0.2) is 21.6 Å². The quantitative estimate of drug-likeness (QED) is 0.112. The Hall–Kier alpha value is -4.51. The van der Waals surface area contributed by atoms with Crippen molar-refractivity contribution in [1.82, 2.24) is 14.3 Å². The fourth-order valence-electron chi connectivity index (χ4n) is 4.28. The second-order valence-electron chi connectivity index (χ2n) is 8.85. The Morgan fingerprint density at radius 1 is 0.951 bits per heavy atom. The molecule has 13 heteroatoms. The van der Waals surface area contributed by atoms with Gasteiger partial charge in [0.1, 0.15) is 18.1 Å². The third kappa shape index (κ3) is 6.46. The van der Waals surface area contributed by atoms with Crippen LogP contribution in [0.25, 0.3) is 22.5 Å². The number of rotatable bonds is 12. The number of ether oxygens (including phenoxy) is 2. The van der Waals surface area contributed by atoms with Crippen LogP contribution >= 0.6 is 0 Å². The molecular weight excluding hydrogens is 568 g/mol. The summed E-state index contributed by atoms with van der Waals surface area (Å²) in [6.07, 6.45) is 3.06. The van der Waals surface area contributed by atoms with E-state index in [9.17, 15) is 21.6 Å². The SMILES string of the molecule is COCCOc1nc(-c2ccccc2)n(Cc2ccc(-c3ccccc3S(=O)(=O)NC#N)cc2S(C)(=O)=O)c1C=O. The second kappa shape index (κ2) is 12.3. The molecule has 11 nitrogen and oxygen atoms in total. The highest BCUT2D eigenvalue weighted by Crippen LogP contribution is 2.33. The number of hydrogen-bond donors (Lipinski definition) is 1. The van der Waals surface area contributed by atoms with Crippen LogP contribution < -0.4 is 9.46 Å². The third-order valence-corrected chi connectivity index (χ3v) is 8.58. The van der Waals surface area contributed by atoms with E-state index in [1.807, 2.05) is 18.2 Å². The number of hydrogen-bond acceptors (Lipinski definition) is 9. The Kier molecular flexibility index (Phi) is 8.87. The topological polar surface area (TPSA) is 157 Å². The number of carbonyl (C=O) groups is 1. The van der Waals surface area contributed by atoms with Crippen LogP contribution in [0.4, 0.5) is 0 Å². The monoisotopic (exact) mass is 594 g/mol. The van der Waals surface area contributed by atoms with Crippen LogP contribution in [0.2, 0.25) is 0 Å². The van der Waals surface area contributed by atoms with Crippen LogP contribution in [0, 0.1) is 11.5 Å². The lowest BCUT2D eigenvalue weighted by molar-refractivity contribution is 0.110. The molecule has 4 rings (SSSR count). The minimum atomic E-state index is -4.18. The van der Waals surface area contributed by atoms with Crippen molar-refractivity contribution < 1.29 is 31.1 Å². The summed E-state index contributed by atoms with van der Waals surface area (Å²) >= 11 is 0. The molecule has 0 aliphatic carbocycles. The summed E-state index contributed by atoms with van der Waals surface area (Å²) in [5.74, 6) is 0.472. The van der Waals surface area contributed by atoms with Crippen molar-refractivity contribution in [2.75, 3.05) is 26.6 Å². The molecule has 3 aromatic carbocycles. The maximum atomic E-state index is 13.0. The molecule has 0 aliphatic heterocycles. The van der Waals surface area contributed by atoms with Crippen LogP contribution in [0.3, 0.4) is 0 Å². The number of carbonyl (C=O) groups excluding carboxylic acids is 1. The lowest BCUT2D eigenvalue weighted by Crippen LogP contribution is -2.19. The van der Waals surface area contributed by atoms with Crippen molar-refractivity contribution in [2.24, 2.45) is 0 Å². The molecule has 212 valence electrons. The molecule has 0 amide bonds. The van der Waals surface area contributed by atoms with Gasteiger partial charge in [0.25, 0.3) is 10.0 Å². The van der Waals surface area contributed by atoms with Crippen LogP contribution in [-0.4, -0.2) is 59.3 Å². The zero-order valence-electron chi connectivity index (χ0n) is 22.1. The second-order valence-corrected chi connectivity index (χ2v) is 12.5. The molecule has 1 N–H and O–H groups in total.